The van der Waals surface area contributed by atoms with Gasteiger partial charge in [-0.1, -0.05) is 13.8 Å². The van der Waals surface area contributed by atoms with E-state index in [-0.39, 0.29) is 12.6 Å². The number of urea groups is 1. The van der Waals surface area contributed by atoms with Crippen LogP contribution in [-0.4, -0.2) is 33.8 Å². The van der Waals surface area contributed by atoms with Gasteiger partial charge in [0.2, 0.25) is 0 Å². The van der Waals surface area contributed by atoms with Gasteiger partial charge in [-0.25, -0.2) is 9.78 Å². The molecule has 1 atom stereocenters. The third-order valence-corrected chi connectivity index (χ3v) is 3.68. The fourth-order valence-electron chi connectivity index (χ4n) is 1.96. The number of amides is 2. The Balaban J connectivity index is 1.84. The number of pyridine rings is 1. The molecule has 0 aromatic carbocycles. The number of rotatable bonds is 6. The van der Waals surface area contributed by atoms with Crippen molar-refractivity contribution in [3.63, 3.8) is 0 Å². The lowest BCUT2D eigenvalue weighted by atomic mass is 10.1. The van der Waals surface area contributed by atoms with Gasteiger partial charge in [0.25, 0.3) is 0 Å². The third-order valence-electron chi connectivity index (χ3n) is 2.92. The minimum atomic E-state index is -0.534. The topological polar surface area (TPSA) is 87.1 Å². The van der Waals surface area contributed by atoms with Crippen LogP contribution in [0.15, 0.2) is 29.9 Å². The van der Waals surface area contributed by atoms with Gasteiger partial charge in [-0.2, -0.15) is 0 Å². The predicted molar refractivity (Wildman–Crippen MR) is 87.8 cm³/mol. The van der Waals surface area contributed by atoms with Gasteiger partial charge >= 0.3 is 6.03 Å². The third kappa shape index (κ3) is 5.09. The number of aromatic nitrogens is 2. The van der Waals surface area contributed by atoms with Crippen molar-refractivity contribution in [1.29, 1.82) is 0 Å². The Morgan fingerprint density at radius 3 is 2.95 bits per heavy atom. The van der Waals surface area contributed by atoms with E-state index in [1.165, 1.54) is 11.3 Å². The summed E-state index contributed by atoms with van der Waals surface area (Å²) in [6.07, 6.45) is 3.54. The Morgan fingerprint density at radius 2 is 2.27 bits per heavy atom. The number of nitrogens with one attached hydrogen (secondary N) is 2. The summed E-state index contributed by atoms with van der Waals surface area (Å²) in [4.78, 5) is 20.2. The molecular formula is C15H20N4O2S. The molecule has 0 fully saturated rings. The average Bonchev–Trinajstić information content (AvgIpc) is 2.94. The zero-order chi connectivity index (χ0) is 15.9. The second-order valence-corrected chi connectivity index (χ2v) is 6.26. The first-order chi connectivity index (χ1) is 10.5. The van der Waals surface area contributed by atoms with Crippen molar-refractivity contribution < 1.29 is 9.90 Å². The van der Waals surface area contributed by atoms with Crippen LogP contribution >= 0.6 is 11.3 Å². The average molecular weight is 320 g/mol. The SMILES string of the molecule is CC(C)CC(O)CNC(=O)Nc1nc(-c2cccnc2)cs1. The van der Waals surface area contributed by atoms with Gasteiger partial charge in [0.05, 0.1) is 11.8 Å². The van der Waals surface area contributed by atoms with E-state index in [0.717, 1.165) is 11.3 Å². The molecule has 0 saturated heterocycles. The largest absolute Gasteiger partial charge is 0.391 e. The van der Waals surface area contributed by atoms with E-state index in [0.29, 0.717) is 17.5 Å². The zero-order valence-corrected chi connectivity index (χ0v) is 13.4. The maximum absolute atomic E-state index is 11.8. The van der Waals surface area contributed by atoms with Gasteiger partial charge in [0.15, 0.2) is 5.13 Å². The number of hydrogen-bond donors (Lipinski definition) is 3. The number of anilines is 1. The number of aliphatic hydroxyl groups excluding tert-OH is 1. The molecule has 2 amide bonds. The van der Waals surface area contributed by atoms with Crippen LogP contribution in [0.1, 0.15) is 20.3 Å². The number of carbonyl (C=O) groups is 1. The first-order valence-corrected chi connectivity index (χ1v) is 8.01. The molecule has 2 aromatic heterocycles. The van der Waals surface area contributed by atoms with Gasteiger partial charge in [-0.05, 0) is 24.5 Å². The zero-order valence-electron chi connectivity index (χ0n) is 12.6. The lowest BCUT2D eigenvalue weighted by Gasteiger charge is -2.13. The standard InChI is InChI=1S/C15H20N4O2S/c1-10(2)6-12(20)8-17-14(21)19-15-18-13(9-22-15)11-4-3-5-16-7-11/h3-5,7,9-10,12,20H,6,8H2,1-2H3,(H2,17,18,19,21). The Morgan fingerprint density at radius 1 is 1.45 bits per heavy atom. The van der Waals surface area contributed by atoms with E-state index in [2.05, 4.69) is 20.6 Å². The molecule has 0 spiro atoms. The molecule has 2 aromatic rings. The fraction of sp³-hybridized carbons (Fsp3) is 0.400. The Hall–Kier alpha value is -1.99. The summed E-state index contributed by atoms with van der Waals surface area (Å²) >= 11 is 1.34. The van der Waals surface area contributed by atoms with Gasteiger partial charge < -0.3 is 10.4 Å². The highest BCUT2D eigenvalue weighted by molar-refractivity contribution is 7.14. The summed E-state index contributed by atoms with van der Waals surface area (Å²) in [5.41, 5.74) is 1.67. The maximum atomic E-state index is 11.8. The number of nitrogens with zero attached hydrogens (tertiary/aromatic N) is 2. The fourth-order valence-corrected chi connectivity index (χ4v) is 2.67. The Kier molecular flexibility index (Phi) is 5.85. The maximum Gasteiger partial charge on any atom is 0.321 e. The van der Waals surface area contributed by atoms with Crippen molar-refractivity contribution >= 4 is 22.5 Å². The van der Waals surface area contributed by atoms with E-state index in [9.17, 15) is 9.90 Å². The normalized spacial score (nSPS) is 12.2. The molecule has 22 heavy (non-hydrogen) atoms. The number of hydrogen-bond acceptors (Lipinski definition) is 5. The summed E-state index contributed by atoms with van der Waals surface area (Å²) in [5.74, 6) is 0.390. The summed E-state index contributed by atoms with van der Waals surface area (Å²) < 4.78 is 0. The molecule has 7 heteroatoms. The molecule has 2 rings (SSSR count). The van der Waals surface area contributed by atoms with Crippen LogP contribution in [-0.2, 0) is 0 Å². The van der Waals surface area contributed by atoms with Crippen molar-refractivity contribution in [3.05, 3.63) is 29.9 Å². The summed E-state index contributed by atoms with van der Waals surface area (Å²) in [7, 11) is 0. The molecule has 2 heterocycles. The second-order valence-electron chi connectivity index (χ2n) is 5.40. The van der Waals surface area contributed by atoms with Crippen molar-refractivity contribution in [2.24, 2.45) is 5.92 Å². The monoisotopic (exact) mass is 320 g/mol. The first-order valence-electron chi connectivity index (χ1n) is 7.13. The molecule has 118 valence electrons. The van der Waals surface area contributed by atoms with E-state index in [4.69, 9.17) is 0 Å². The Labute approximate surface area is 133 Å². The van der Waals surface area contributed by atoms with Crippen LogP contribution in [0, 0.1) is 5.92 Å². The van der Waals surface area contributed by atoms with E-state index < -0.39 is 6.10 Å². The molecule has 0 aliphatic carbocycles. The van der Waals surface area contributed by atoms with Crippen LogP contribution < -0.4 is 10.6 Å². The molecule has 0 bridgehead atoms. The quantitative estimate of drug-likeness (QED) is 0.764. The Bertz CT molecular complexity index is 601. The van der Waals surface area contributed by atoms with Crippen LogP contribution in [0.5, 0.6) is 0 Å². The molecule has 6 nitrogen and oxygen atoms in total. The molecule has 0 radical (unpaired) electrons. The molecule has 0 saturated carbocycles. The van der Waals surface area contributed by atoms with Gasteiger partial charge in [0.1, 0.15) is 0 Å². The van der Waals surface area contributed by atoms with Crippen LogP contribution in [0.25, 0.3) is 11.3 Å². The van der Waals surface area contributed by atoms with Crippen molar-refractivity contribution in [3.8, 4) is 11.3 Å². The van der Waals surface area contributed by atoms with Crippen LogP contribution in [0.2, 0.25) is 0 Å². The summed E-state index contributed by atoms with van der Waals surface area (Å²) in [5, 5.41) is 17.4. The molecule has 0 aliphatic rings. The smallest absolute Gasteiger partial charge is 0.321 e. The van der Waals surface area contributed by atoms with Gasteiger partial charge in [-0.15, -0.1) is 11.3 Å². The lowest BCUT2D eigenvalue weighted by Crippen LogP contribution is -2.35. The summed E-state index contributed by atoms with van der Waals surface area (Å²) in [6, 6.07) is 3.38. The highest BCUT2D eigenvalue weighted by Gasteiger charge is 2.11. The molecule has 1 unspecified atom stereocenters. The minimum Gasteiger partial charge on any atom is -0.391 e. The number of thiazole rings is 1. The predicted octanol–water partition coefficient (Wildman–Crippen LogP) is 2.73. The molecular weight excluding hydrogens is 300 g/mol. The van der Waals surface area contributed by atoms with Crippen molar-refractivity contribution in [1.82, 2.24) is 15.3 Å². The van der Waals surface area contributed by atoms with Crippen molar-refractivity contribution in [2.45, 2.75) is 26.4 Å². The van der Waals surface area contributed by atoms with Crippen LogP contribution in [0.4, 0.5) is 9.93 Å². The molecule has 0 aliphatic heterocycles. The lowest BCUT2D eigenvalue weighted by molar-refractivity contribution is 0.148. The number of aliphatic hydroxyl groups is 1. The number of carbonyl (C=O) groups excluding carboxylic acids is 1. The van der Waals surface area contributed by atoms with Crippen LogP contribution in [0.3, 0.4) is 0 Å². The van der Waals surface area contributed by atoms with E-state index >= 15 is 0 Å². The van der Waals surface area contributed by atoms with E-state index in [1.54, 1.807) is 12.4 Å². The first kappa shape index (κ1) is 16.4. The molecule has 3 N–H and O–H groups in total. The van der Waals surface area contributed by atoms with Crippen molar-refractivity contribution in [2.75, 3.05) is 11.9 Å². The van der Waals surface area contributed by atoms with Gasteiger partial charge in [0, 0.05) is 29.9 Å². The highest BCUT2D eigenvalue weighted by Crippen LogP contribution is 2.23. The second kappa shape index (κ2) is 7.86. The van der Waals surface area contributed by atoms with E-state index in [1.807, 2.05) is 31.4 Å². The minimum absolute atomic E-state index is 0.227. The highest BCUT2D eigenvalue weighted by atomic mass is 32.1. The summed E-state index contributed by atoms with van der Waals surface area (Å²) in [6.45, 7) is 4.28. The van der Waals surface area contributed by atoms with Gasteiger partial charge in [-0.3, -0.25) is 10.3 Å².